The van der Waals surface area contributed by atoms with Gasteiger partial charge in [0.1, 0.15) is 13.2 Å². The molecule has 0 aromatic carbocycles. The molecule has 0 heterocycles. The number of carbonyl (C=O) groups excluding carboxylic acids is 2. The van der Waals surface area contributed by atoms with Gasteiger partial charge in [-0.3, -0.25) is 9.59 Å². The lowest BCUT2D eigenvalue weighted by Gasteiger charge is -2.08. The molecule has 0 aromatic rings. The van der Waals surface area contributed by atoms with Crippen molar-refractivity contribution in [3.05, 3.63) is 0 Å². The van der Waals surface area contributed by atoms with Gasteiger partial charge >= 0.3 is 11.9 Å². The van der Waals surface area contributed by atoms with Gasteiger partial charge in [-0.25, -0.2) is 0 Å². The number of esters is 2. The molecule has 0 rings (SSSR count). The second-order valence-corrected chi connectivity index (χ2v) is 10.2. The largest absolute Gasteiger partial charge is 0.463 e. The summed E-state index contributed by atoms with van der Waals surface area (Å²) >= 11 is 0. The van der Waals surface area contributed by atoms with E-state index in [-0.39, 0.29) is 25.2 Å². The number of hydrogen-bond acceptors (Lipinski definition) is 6. The molecule has 6 nitrogen and oxygen atoms in total. The van der Waals surface area contributed by atoms with Crippen molar-refractivity contribution in [1.82, 2.24) is 0 Å². The first kappa shape index (κ1) is 35.9. The van der Waals surface area contributed by atoms with E-state index in [1.807, 2.05) is 0 Å². The van der Waals surface area contributed by atoms with Gasteiger partial charge in [0, 0.05) is 12.8 Å². The van der Waals surface area contributed by atoms with Crippen molar-refractivity contribution in [3.63, 3.8) is 0 Å². The summed E-state index contributed by atoms with van der Waals surface area (Å²) in [5.41, 5.74) is 0. The summed E-state index contributed by atoms with van der Waals surface area (Å²) in [6.45, 7) is 6.60. The standard InChI is InChI=1S/C31H60O6/c1-3-5-7-9-10-11-12-13-14-15-16-17-18-19-21-23-31(33)37-29-27-35-25-24-34-26-28-36-30(32)22-20-8-6-4-2/h3-29H2,1-2H3. The molecule has 0 aliphatic heterocycles. The zero-order valence-corrected chi connectivity index (χ0v) is 24.5. The minimum atomic E-state index is -0.151. The molecule has 0 fully saturated rings. The Labute approximate surface area is 228 Å². The monoisotopic (exact) mass is 528 g/mol. The molecule has 0 N–H and O–H groups in total. The zero-order chi connectivity index (χ0) is 27.1. The van der Waals surface area contributed by atoms with E-state index in [0.29, 0.717) is 39.3 Å². The summed E-state index contributed by atoms with van der Waals surface area (Å²) in [7, 11) is 0. The van der Waals surface area contributed by atoms with Crippen LogP contribution in [-0.4, -0.2) is 51.6 Å². The highest BCUT2D eigenvalue weighted by Crippen LogP contribution is 2.13. The minimum Gasteiger partial charge on any atom is -0.463 e. The molecule has 0 radical (unpaired) electrons. The summed E-state index contributed by atoms with van der Waals surface area (Å²) in [6.07, 6.45) is 25.1. The Morgan fingerprint density at radius 1 is 0.378 bits per heavy atom. The van der Waals surface area contributed by atoms with E-state index in [9.17, 15) is 9.59 Å². The normalized spacial score (nSPS) is 11.1. The molecule has 220 valence electrons. The van der Waals surface area contributed by atoms with E-state index < -0.39 is 0 Å². The first-order valence-corrected chi connectivity index (χ1v) is 15.7. The van der Waals surface area contributed by atoms with Crippen LogP contribution in [0.3, 0.4) is 0 Å². The Kier molecular flexibility index (Phi) is 30.1. The first-order valence-electron chi connectivity index (χ1n) is 15.7. The molecule has 0 aliphatic carbocycles. The van der Waals surface area contributed by atoms with E-state index in [1.165, 1.54) is 83.5 Å². The number of hydrogen-bond donors (Lipinski definition) is 0. The third kappa shape index (κ3) is 31.0. The second-order valence-electron chi connectivity index (χ2n) is 10.2. The van der Waals surface area contributed by atoms with Crippen LogP contribution in [0.4, 0.5) is 0 Å². The van der Waals surface area contributed by atoms with Crippen LogP contribution < -0.4 is 0 Å². The van der Waals surface area contributed by atoms with Gasteiger partial charge in [-0.05, 0) is 12.8 Å². The molecule has 6 heteroatoms. The number of unbranched alkanes of at least 4 members (excludes halogenated alkanes) is 17. The van der Waals surface area contributed by atoms with Crippen molar-refractivity contribution in [3.8, 4) is 0 Å². The lowest BCUT2D eigenvalue weighted by Crippen LogP contribution is -2.15. The molecule has 0 saturated carbocycles. The van der Waals surface area contributed by atoms with Crippen LogP contribution >= 0.6 is 0 Å². The highest BCUT2D eigenvalue weighted by Gasteiger charge is 2.04. The number of carbonyl (C=O) groups is 2. The summed E-state index contributed by atoms with van der Waals surface area (Å²) < 4.78 is 21.1. The predicted molar refractivity (Wildman–Crippen MR) is 152 cm³/mol. The van der Waals surface area contributed by atoms with Crippen molar-refractivity contribution in [2.24, 2.45) is 0 Å². The summed E-state index contributed by atoms with van der Waals surface area (Å²) in [6, 6.07) is 0. The molecule has 0 aromatic heterocycles. The lowest BCUT2D eigenvalue weighted by molar-refractivity contribution is -0.147. The van der Waals surface area contributed by atoms with E-state index in [1.54, 1.807) is 0 Å². The van der Waals surface area contributed by atoms with Gasteiger partial charge in [0.2, 0.25) is 0 Å². The molecule has 0 bridgehead atoms. The molecule has 0 aliphatic rings. The van der Waals surface area contributed by atoms with E-state index >= 15 is 0 Å². The highest BCUT2D eigenvalue weighted by atomic mass is 16.6. The maximum Gasteiger partial charge on any atom is 0.305 e. The Balaban J connectivity index is 3.21. The third-order valence-electron chi connectivity index (χ3n) is 6.57. The van der Waals surface area contributed by atoms with Crippen LogP contribution in [0, 0.1) is 0 Å². The van der Waals surface area contributed by atoms with Gasteiger partial charge in [-0.2, -0.15) is 0 Å². The fourth-order valence-electron chi connectivity index (χ4n) is 4.23. The van der Waals surface area contributed by atoms with Gasteiger partial charge in [0.05, 0.1) is 26.4 Å². The van der Waals surface area contributed by atoms with Gasteiger partial charge < -0.3 is 18.9 Å². The first-order chi connectivity index (χ1) is 18.2. The Bertz CT molecular complexity index is 482. The van der Waals surface area contributed by atoms with Crippen molar-refractivity contribution >= 4 is 11.9 Å². The van der Waals surface area contributed by atoms with E-state index in [4.69, 9.17) is 18.9 Å². The van der Waals surface area contributed by atoms with Crippen LogP contribution in [0.15, 0.2) is 0 Å². The van der Waals surface area contributed by atoms with Crippen LogP contribution in [0.1, 0.15) is 149 Å². The Morgan fingerprint density at radius 3 is 1.00 bits per heavy atom. The molecule has 0 amide bonds. The molecule has 0 spiro atoms. The molecule has 0 unspecified atom stereocenters. The fourth-order valence-corrected chi connectivity index (χ4v) is 4.23. The maximum absolute atomic E-state index is 11.8. The van der Waals surface area contributed by atoms with Gasteiger partial charge in [0.15, 0.2) is 0 Å². The van der Waals surface area contributed by atoms with Crippen LogP contribution in [-0.2, 0) is 28.5 Å². The molecule has 37 heavy (non-hydrogen) atoms. The van der Waals surface area contributed by atoms with Crippen LogP contribution in [0.2, 0.25) is 0 Å². The topological polar surface area (TPSA) is 71.1 Å². The SMILES string of the molecule is CCCCCCCCCCCCCCCCCC(=O)OCCOCCOCCOC(=O)CCCCCC. The van der Waals surface area contributed by atoms with Gasteiger partial charge in [0.25, 0.3) is 0 Å². The fraction of sp³-hybridized carbons (Fsp3) is 0.935. The van der Waals surface area contributed by atoms with E-state index in [0.717, 1.165) is 38.5 Å². The predicted octanol–water partition coefficient (Wildman–Crippen LogP) is 8.34. The average molecular weight is 529 g/mol. The van der Waals surface area contributed by atoms with Crippen LogP contribution in [0.5, 0.6) is 0 Å². The van der Waals surface area contributed by atoms with Crippen molar-refractivity contribution in [2.75, 3.05) is 39.6 Å². The lowest BCUT2D eigenvalue weighted by atomic mass is 10.0. The smallest absolute Gasteiger partial charge is 0.305 e. The molecule has 0 saturated heterocycles. The van der Waals surface area contributed by atoms with Crippen molar-refractivity contribution in [2.45, 2.75) is 149 Å². The number of ether oxygens (including phenoxy) is 4. The molecule has 0 atom stereocenters. The molecular formula is C31H60O6. The zero-order valence-electron chi connectivity index (χ0n) is 24.5. The summed E-state index contributed by atoms with van der Waals surface area (Å²) in [4.78, 5) is 23.3. The third-order valence-corrected chi connectivity index (χ3v) is 6.57. The minimum absolute atomic E-state index is 0.133. The summed E-state index contributed by atoms with van der Waals surface area (Å²) in [5, 5.41) is 0. The number of rotatable bonds is 30. The van der Waals surface area contributed by atoms with E-state index in [2.05, 4.69) is 13.8 Å². The second kappa shape index (κ2) is 31.1. The Hall–Kier alpha value is -1.14. The maximum atomic E-state index is 11.8. The molecular weight excluding hydrogens is 468 g/mol. The van der Waals surface area contributed by atoms with Crippen LogP contribution in [0.25, 0.3) is 0 Å². The quantitative estimate of drug-likeness (QED) is 0.0689. The van der Waals surface area contributed by atoms with Gasteiger partial charge in [-0.15, -0.1) is 0 Å². The van der Waals surface area contributed by atoms with Crippen molar-refractivity contribution < 1.29 is 28.5 Å². The Morgan fingerprint density at radius 2 is 0.649 bits per heavy atom. The van der Waals surface area contributed by atoms with Gasteiger partial charge in [-0.1, -0.05) is 123 Å². The average Bonchev–Trinajstić information content (AvgIpc) is 2.90. The summed E-state index contributed by atoms with van der Waals surface area (Å²) in [5.74, 6) is -0.284. The highest BCUT2D eigenvalue weighted by molar-refractivity contribution is 5.69. The van der Waals surface area contributed by atoms with Crippen molar-refractivity contribution in [1.29, 1.82) is 0 Å².